The van der Waals surface area contributed by atoms with E-state index in [0.717, 1.165) is 5.39 Å². The van der Waals surface area contributed by atoms with Crippen molar-refractivity contribution in [2.75, 3.05) is 13.7 Å². The zero-order chi connectivity index (χ0) is 28.0. The molecule has 200 valence electrons. The van der Waals surface area contributed by atoms with Crippen molar-refractivity contribution in [1.82, 2.24) is 15.3 Å². The number of pyridine rings is 2. The maximum Gasteiger partial charge on any atom is 0.341 e. The molecule has 0 bridgehead atoms. The Morgan fingerprint density at radius 3 is 2.53 bits per heavy atom. The monoisotopic (exact) mass is 542 g/mol. The zero-order valence-electron chi connectivity index (χ0n) is 21.2. The van der Waals surface area contributed by atoms with Gasteiger partial charge in [0.1, 0.15) is 22.5 Å². The summed E-state index contributed by atoms with van der Waals surface area (Å²) in [4.78, 5) is 46.7. The molecular formula is C26H27ClN4O7. The van der Waals surface area contributed by atoms with Crippen LogP contribution >= 0.6 is 11.6 Å². The number of carboxylic acid groups (broad SMARTS) is 2. The van der Waals surface area contributed by atoms with Crippen LogP contribution in [0, 0.1) is 5.92 Å². The lowest BCUT2D eigenvalue weighted by atomic mass is 9.89. The van der Waals surface area contributed by atoms with Crippen molar-refractivity contribution in [3.63, 3.8) is 0 Å². The quantitative estimate of drug-likeness (QED) is 0.386. The van der Waals surface area contributed by atoms with Gasteiger partial charge in [-0.1, -0.05) is 25.4 Å². The first-order chi connectivity index (χ1) is 18.0. The number of nitrogens with zero attached hydrogens (tertiary/aromatic N) is 3. The van der Waals surface area contributed by atoms with Crippen LogP contribution in [0.1, 0.15) is 42.4 Å². The van der Waals surface area contributed by atoms with Crippen molar-refractivity contribution >= 4 is 46.2 Å². The lowest BCUT2D eigenvalue weighted by molar-refractivity contribution is -0.139. The number of hydrogen-bond donors (Lipinski definition) is 3. The van der Waals surface area contributed by atoms with Gasteiger partial charge >= 0.3 is 11.9 Å². The fourth-order valence-electron chi connectivity index (χ4n) is 3.52. The number of amidine groups is 1. The minimum Gasteiger partial charge on any atom is -0.480 e. The van der Waals surface area contributed by atoms with Gasteiger partial charge in [0.2, 0.25) is 0 Å². The number of hydrogen-bond acceptors (Lipinski definition) is 8. The lowest BCUT2D eigenvalue weighted by Gasteiger charge is -2.21. The van der Waals surface area contributed by atoms with Crippen molar-refractivity contribution in [3.05, 3.63) is 64.6 Å². The van der Waals surface area contributed by atoms with Crippen LogP contribution in [0.5, 0.6) is 5.75 Å². The average Bonchev–Trinajstić information content (AvgIpc) is 3.19. The van der Waals surface area contributed by atoms with Gasteiger partial charge in [-0.25, -0.2) is 14.6 Å². The van der Waals surface area contributed by atoms with E-state index in [1.165, 1.54) is 19.4 Å². The van der Waals surface area contributed by atoms with E-state index in [4.69, 9.17) is 26.2 Å². The molecule has 12 heteroatoms. The number of methoxy groups -OCH3 is 1. The standard InChI is InChI=1S/C15H19N3O4.C11H8ClNO3/c1-8(2)15(3)14(21)17-12(18-15)11-10(13(19)20)5-9(6-16-11)7-22-4;12-8-3-4-9(16-6-10(14)15)11-7(8)2-1-5-13-11/h5-6,8H,7H2,1-4H3,(H,19,20)(H,17,18,21);1-5H,6H2,(H,14,15). The molecule has 1 aliphatic heterocycles. The van der Waals surface area contributed by atoms with E-state index in [9.17, 15) is 19.5 Å². The lowest BCUT2D eigenvalue weighted by Crippen LogP contribution is -2.41. The van der Waals surface area contributed by atoms with E-state index in [1.807, 2.05) is 13.8 Å². The number of fused-ring (bicyclic) bond motifs is 1. The Hall–Kier alpha value is -4.09. The van der Waals surface area contributed by atoms with Crippen LogP contribution in [-0.2, 0) is 20.9 Å². The number of aromatic carboxylic acids is 1. The Labute approximate surface area is 223 Å². The number of carbonyl (C=O) groups excluding carboxylic acids is 1. The summed E-state index contributed by atoms with van der Waals surface area (Å²) in [6, 6.07) is 8.31. The Bertz CT molecular complexity index is 1410. The number of benzene rings is 1. The first-order valence-electron chi connectivity index (χ1n) is 11.5. The van der Waals surface area contributed by atoms with E-state index in [0.29, 0.717) is 21.9 Å². The van der Waals surface area contributed by atoms with Crippen LogP contribution < -0.4 is 10.1 Å². The Balaban J connectivity index is 0.000000221. The van der Waals surface area contributed by atoms with Gasteiger partial charge in [0, 0.05) is 24.9 Å². The predicted octanol–water partition coefficient (Wildman–Crippen LogP) is 3.57. The summed E-state index contributed by atoms with van der Waals surface area (Å²) in [5.41, 5.74) is 0.431. The van der Waals surface area contributed by atoms with Crippen LogP contribution in [-0.4, -0.2) is 63.1 Å². The first-order valence-corrected chi connectivity index (χ1v) is 11.9. The number of aromatic nitrogens is 2. The highest BCUT2D eigenvalue weighted by atomic mass is 35.5. The van der Waals surface area contributed by atoms with E-state index >= 15 is 0 Å². The smallest absolute Gasteiger partial charge is 0.341 e. The molecule has 4 rings (SSSR count). The fraction of sp³-hybridized carbons (Fsp3) is 0.308. The van der Waals surface area contributed by atoms with Gasteiger partial charge in [-0.05, 0) is 48.7 Å². The summed E-state index contributed by atoms with van der Waals surface area (Å²) in [6.07, 6.45) is 3.12. The number of halogens is 1. The summed E-state index contributed by atoms with van der Waals surface area (Å²) in [6.45, 7) is 5.36. The fourth-order valence-corrected chi connectivity index (χ4v) is 3.74. The van der Waals surface area contributed by atoms with Gasteiger partial charge in [-0.2, -0.15) is 0 Å². The second kappa shape index (κ2) is 12.0. The molecule has 1 amide bonds. The van der Waals surface area contributed by atoms with Gasteiger partial charge in [-0.15, -0.1) is 0 Å². The van der Waals surface area contributed by atoms with E-state index in [1.54, 1.807) is 37.4 Å². The minimum absolute atomic E-state index is 0.0124. The van der Waals surface area contributed by atoms with Crippen molar-refractivity contribution < 1.29 is 34.1 Å². The minimum atomic E-state index is -1.13. The van der Waals surface area contributed by atoms with Gasteiger partial charge in [0.05, 0.1) is 17.2 Å². The Morgan fingerprint density at radius 1 is 1.18 bits per heavy atom. The molecule has 0 spiro atoms. The first kappa shape index (κ1) is 28.5. The molecule has 38 heavy (non-hydrogen) atoms. The summed E-state index contributed by atoms with van der Waals surface area (Å²) in [5, 5.41) is 21.9. The summed E-state index contributed by atoms with van der Waals surface area (Å²) in [7, 11) is 1.52. The molecule has 0 saturated carbocycles. The van der Waals surface area contributed by atoms with Crippen molar-refractivity contribution in [3.8, 4) is 5.75 Å². The average molecular weight is 543 g/mol. The summed E-state index contributed by atoms with van der Waals surface area (Å²) >= 11 is 5.98. The molecule has 1 aliphatic rings. The molecule has 3 N–H and O–H groups in total. The number of amides is 1. The molecule has 1 atom stereocenters. The molecular weight excluding hydrogens is 516 g/mol. The highest BCUT2D eigenvalue weighted by Gasteiger charge is 2.43. The van der Waals surface area contributed by atoms with Crippen molar-refractivity contribution in [2.45, 2.75) is 32.9 Å². The zero-order valence-corrected chi connectivity index (χ0v) is 21.9. The number of aliphatic imine (C=N–C) groups is 1. The maximum atomic E-state index is 12.2. The molecule has 3 aromatic rings. The van der Waals surface area contributed by atoms with Crippen LogP contribution in [0.25, 0.3) is 10.9 Å². The van der Waals surface area contributed by atoms with E-state index < -0.39 is 24.1 Å². The van der Waals surface area contributed by atoms with Crippen LogP contribution in [0.15, 0.2) is 47.7 Å². The maximum absolute atomic E-state index is 12.2. The summed E-state index contributed by atoms with van der Waals surface area (Å²) < 4.78 is 10.1. The SMILES string of the molecule is COCc1cnc(C2=NC(C)(C(C)C)C(=O)N2)c(C(=O)O)c1.O=C(O)COc1ccc(Cl)c2cccnc12. The number of carbonyl (C=O) groups is 3. The van der Waals surface area contributed by atoms with Crippen LogP contribution in [0.2, 0.25) is 5.02 Å². The Morgan fingerprint density at radius 2 is 1.92 bits per heavy atom. The number of nitrogens with one attached hydrogen (secondary N) is 1. The van der Waals surface area contributed by atoms with Gasteiger partial charge in [0.15, 0.2) is 12.4 Å². The van der Waals surface area contributed by atoms with Crippen molar-refractivity contribution in [1.29, 1.82) is 0 Å². The van der Waals surface area contributed by atoms with Gasteiger partial charge in [-0.3, -0.25) is 14.8 Å². The molecule has 1 aromatic carbocycles. The van der Waals surface area contributed by atoms with Crippen molar-refractivity contribution in [2.24, 2.45) is 10.9 Å². The molecule has 11 nitrogen and oxygen atoms in total. The Kier molecular flexibility index (Phi) is 8.97. The number of rotatable bonds is 8. The van der Waals surface area contributed by atoms with Crippen LogP contribution in [0.4, 0.5) is 0 Å². The van der Waals surface area contributed by atoms with E-state index in [-0.39, 0.29) is 35.5 Å². The number of carboxylic acids is 2. The number of aliphatic carboxylic acids is 1. The molecule has 3 heterocycles. The second-order valence-corrected chi connectivity index (χ2v) is 9.23. The van der Waals surface area contributed by atoms with Crippen LogP contribution in [0.3, 0.4) is 0 Å². The largest absolute Gasteiger partial charge is 0.480 e. The normalized spacial score (nSPS) is 16.5. The third-order valence-electron chi connectivity index (χ3n) is 5.90. The predicted molar refractivity (Wildman–Crippen MR) is 140 cm³/mol. The molecule has 2 aromatic heterocycles. The molecule has 1 unspecified atom stereocenters. The number of ether oxygens (including phenoxy) is 2. The topological polar surface area (TPSA) is 160 Å². The van der Waals surface area contributed by atoms with Gasteiger partial charge < -0.3 is 25.0 Å². The molecule has 0 radical (unpaired) electrons. The second-order valence-electron chi connectivity index (χ2n) is 8.82. The van der Waals surface area contributed by atoms with Gasteiger partial charge in [0.25, 0.3) is 5.91 Å². The molecule has 0 fully saturated rings. The third kappa shape index (κ3) is 6.24. The summed E-state index contributed by atoms with van der Waals surface area (Å²) in [5.74, 6) is -1.82. The third-order valence-corrected chi connectivity index (χ3v) is 6.23. The van der Waals surface area contributed by atoms with E-state index in [2.05, 4.69) is 20.3 Å². The molecule has 0 saturated heterocycles. The molecule has 0 aliphatic carbocycles. The highest BCUT2D eigenvalue weighted by molar-refractivity contribution is 6.35. The highest BCUT2D eigenvalue weighted by Crippen LogP contribution is 2.29.